The molecule has 0 spiro atoms. The lowest BCUT2D eigenvalue weighted by atomic mass is 10.1. The lowest BCUT2D eigenvalue weighted by Gasteiger charge is -1.99. The number of aryl methyl sites for hydroxylation is 1. The Morgan fingerprint density at radius 2 is 2.21 bits per heavy atom. The third-order valence-electron chi connectivity index (χ3n) is 2.40. The van der Waals surface area contributed by atoms with Crippen molar-refractivity contribution in [2.24, 2.45) is 5.73 Å². The number of hydrogen-bond donors (Lipinski definition) is 1. The van der Waals surface area contributed by atoms with Crippen molar-refractivity contribution in [3.63, 3.8) is 0 Å². The smallest absolute Gasteiger partial charge is 0.241 e. The van der Waals surface area contributed by atoms with Gasteiger partial charge >= 0.3 is 0 Å². The highest BCUT2D eigenvalue weighted by Crippen LogP contribution is 2.32. The molecule has 2 rings (SSSR count). The van der Waals surface area contributed by atoms with E-state index in [9.17, 15) is 9.18 Å². The van der Waals surface area contributed by atoms with Crippen LogP contribution in [0.1, 0.15) is 17.5 Å². The molecule has 14 heavy (non-hydrogen) atoms. The van der Waals surface area contributed by atoms with Crippen molar-refractivity contribution in [1.82, 2.24) is 0 Å². The van der Waals surface area contributed by atoms with Crippen molar-refractivity contribution >= 4 is 11.5 Å². The lowest BCUT2D eigenvalue weighted by Crippen LogP contribution is -2.06. The van der Waals surface area contributed by atoms with Crippen LogP contribution in [0.4, 0.5) is 4.39 Å². The summed E-state index contributed by atoms with van der Waals surface area (Å²) in [6.07, 6.45) is 3.00. The van der Waals surface area contributed by atoms with E-state index in [2.05, 4.69) is 0 Å². The molecule has 3 heteroatoms. The minimum absolute atomic E-state index is 0.277. The van der Waals surface area contributed by atoms with Crippen molar-refractivity contribution in [2.75, 3.05) is 0 Å². The van der Waals surface area contributed by atoms with E-state index in [-0.39, 0.29) is 5.82 Å². The van der Waals surface area contributed by atoms with Crippen LogP contribution in [0.25, 0.3) is 5.57 Å². The Labute approximate surface area is 81.2 Å². The van der Waals surface area contributed by atoms with E-state index in [1.54, 1.807) is 6.07 Å². The fourth-order valence-corrected chi connectivity index (χ4v) is 1.79. The van der Waals surface area contributed by atoms with Gasteiger partial charge in [-0.15, -0.1) is 0 Å². The first-order chi connectivity index (χ1) is 6.66. The molecular weight excluding hydrogens is 181 g/mol. The third kappa shape index (κ3) is 1.53. The maximum absolute atomic E-state index is 12.9. The number of rotatable bonds is 1. The fourth-order valence-electron chi connectivity index (χ4n) is 1.79. The molecule has 72 valence electrons. The van der Waals surface area contributed by atoms with Crippen LogP contribution in [0, 0.1) is 5.82 Å². The first kappa shape index (κ1) is 8.94. The van der Waals surface area contributed by atoms with E-state index in [0.717, 1.165) is 29.5 Å². The van der Waals surface area contributed by atoms with E-state index in [4.69, 9.17) is 5.73 Å². The van der Waals surface area contributed by atoms with Crippen molar-refractivity contribution in [2.45, 2.75) is 12.8 Å². The number of primary amides is 1. The number of amides is 1. The average molecular weight is 191 g/mol. The molecule has 0 bridgehead atoms. The number of fused-ring (bicyclic) bond motifs is 1. The minimum Gasteiger partial charge on any atom is -0.366 e. The Morgan fingerprint density at radius 1 is 1.43 bits per heavy atom. The van der Waals surface area contributed by atoms with Crippen molar-refractivity contribution < 1.29 is 9.18 Å². The summed E-state index contributed by atoms with van der Waals surface area (Å²) >= 11 is 0. The average Bonchev–Trinajstić information content (AvgIpc) is 2.47. The molecule has 0 atom stereocenters. The molecule has 2 N–H and O–H groups in total. The lowest BCUT2D eigenvalue weighted by molar-refractivity contribution is -0.113. The highest BCUT2D eigenvalue weighted by atomic mass is 19.1. The molecule has 0 saturated carbocycles. The van der Waals surface area contributed by atoms with Gasteiger partial charge in [0.2, 0.25) is 5.91 Å². The SMILES string of the molecule is NC(=O)/C=C1\CCc2ccc(F)cc21. The van der Waals surface area contributed by atoms with Gasteiger partial charge in [-0.25, -0.2) is 4.39 Å². The zero-order valence-electron chi connectivity index (χ0n) is 7.59. The molecule has 1 aliphatic carbocycles. The van der Waals surface area contributed by atoms with Gasteiger partial charge < -0.3 is 5.73 Å². The van der Waals surface area contributed by atoms with Gasteiger partial charge in [-0.2, -0.15) is 0 Å². The van der Waals surface area contributed by atoms with Gasteiger partial charge in [0.15, 0.2) is 0 Å². The van der Waals surface area contributed by atoms with E-state index in [1.165, 1.54) is 18.2 Å². The second kappa shape index (κ2) is 3.25. The standard InChI is InChI=1S/C11H10FNO/c12-9-4-3-7-1-2-8(5-11(13)14)10(7)6-9/h3-6H,1-2H2,(H2,13,14)/b8-5+. The maximum atomic E-state index is 12.9. The Kier molecular flexibility index (Phi) is 2.08. The number of carbonyl (C=O) groups excluding carboxylic acids is 1. The van der Waals surface area contributed by atoms with Gasteiger partial charge in [-0.1, -0.05) is 6.07 Å². The molecule has 0 heterocycles. The molecule has 0 aliphatic heterocycles. The van der Waals surface area contributed by atoms with Crippen LogP contribution in [0.5, 0.6) is 0 Å². The molecule has 0 aromatic heterocycles. The highest BCUT2D eigenvalue weighted by molar-refractivity contribution is 5.95. The first-order valence-electron chi connectivity index (χ1n) is 4.45. The Bertz CT molecular complexity index is 423. The summed E-state index contributed by atoms with van der Waals surface area (Å²) in [6.45, 7) is 0. The van der Waals surface area contributed by atoms with E-state index in [0.29, 0.717) is 0 Å². The van der Waals surface area contributed by atoms with Gasteiger partial charge in [0.05, 0.1) is 0 Å². The molecule has 1 amide bonds. The Balaban J connectivity index is 2.48. The van der Waals surface area contributed by atoms with Crippen molar-refractivity contribution in [3.05, 3.63) is 41.2 Å². The molecular formula is C11H10FNO. The number of hydrogen-bond acceptors (Lipinski definition) is 1. The summed E-state index contributed by atoms with van der Waals surface area (Å²) in [4.78, 5) is 10.7. The molecule has 1 aliphatic rings. The molecule has 0 unspecified atom stereocenters. The molecule has 2 nitrogen and oxygen atoms in total. The minimum atomic E-state index is -0.475. The van der Waals surface area contributed by atoms with Crippen molar-refractivity contribution in [3.8, 4) is 0 Å². The van der Waals surface area contributed by atoms with Crippen LogP contribution >= 0.6 is 0 Å². The van der Waals surface area contributed by atoms with E-state index < -0.39 is 5.91 Å². The second-order valence-corrected chi connectivity index (χ2v) is 3.37. The summed E-state index contributed by atoms with van der Waals surface area (Å²) < 4.78 is 12.9. The fraction of sp³-hybridized carbons (Fsp3) is 0.182. The van der Waals surface area contributed by atoms with Crippen LogP contribution in [0.15, 0.2) is 24.3 Å². The van der Waals surface area contributed by atoms with Gasteiger partial charge in [0.25, 0.3) is 0 Å². The van der Waals surface area contributed by atoms with Crippen LogP contribution in [0.3, 0.4) is 0 Å². The summed E-state index contributed by atoms with van der Waals surface area (Å²) in [5.41, 5.74) is 7.80. The normalized spacial score (nSPS) is 17.1. The number of halogens is 1. The zero-order valence-corrected chi connectivity index (χ0v) is 7.59. The number of nitrogens with two attached hydrogens (primary N) is 1. The topological polar surface area (TPSA) is 43.1 Å². The quantitative estimate of drug-likeness (QED) is 0.674. The predicted octanol–water partition coefficient (Wildman–Crippen LogP) is 1.64. The molecule has 1 aromatic rings. The Hall–Kier alpha value is -1.64. The first-order valence-corrected chi connectivity index (χ1v) is 4.45. The van der Waals surface area contributed by atoms with Gasteiger partial charge in [0.1, 0.15) is 5.82 Å². The number of allylic oxidation sites excluding steroid dienone is 1. The highest BCUT2D eigenvalue weighted by Gasteiger charge is 2.16. The van der Waals surface area contributed by atoms with Crippen molar-refractivity contribution in [1.29, 1.82) is 0 Å². The summed E-state index contributed by atoms with van der Waals surface area (Å²) in [5, 5.41) is 0. The largest absolute Gasteiger partial charge is 0.366 e. The summed E-state index contributed by atoms with van der Waals surface area (Å²) in [6, 6.07) is 4.65. The van der Waals surface area contributed by atoms with E-state index in [1.807, 2.05) is 0 Å². The summed E-state index contributed by atoms with van der Waals surface area (Å²) in [7, 11) is 0. The monoisotopic (exact) mass is 191 g/mol. The third-order valence-corrected chi connectivity index (χ3v) is 2.40. The van der Waals surface area contributed by atoms with Crippen LogP contribution in [0.2, 0.25) is 0 Å². The molecule has 0 saturated heterocycles. The molecule has 1 aromatic carbocycles. The van der Waals surface area contributed by atoms with E-state index >= 15 is 0 Å². The van der Waals surface area contributed by atoms with Gasteiger partial charge in [-0.05, 0) is 41.7 Å². The van der Waals surface area contributed by atoms with Gasteiger partial charge in [0, 0.05) is 6.08 Å². The molecule has 0 radical (unpaired) electrons. The Morgan fingerprint density at radius 3 is 2.93 bits per heavy atom. The van der Waals surface area contributed by atoms with Crippen LogP contribution < -0.4 is 5.73 Å². The zero-order chi connectivity index (χ0) is 10.1. The summed E-state index contributed by atoms with van der Waals surface area (Å²) in [5.74, 6) is -0.752. The second-order valence-electron chi connectivity index (χ2n) is 3.37. The maximum Gasteiger partial charge on any atom is 0.241 e. The predicted molar refractivity (Wildman–Crippen MR) is 51.9 cm³/mol. The van der Waals surface area contributed by atoms with Gasteiger partial charge in [-0.3, -0.25) is 4.79 Å². The molecule has 0 fully saturated rings. The van der Waals surface area contributed by atoms with Crippen LogP contribution in [-0.2, 0) is 11.2 Å². The number of benzene rings is 1. The van der Waals surface area contributed by atoms with Crippen LogP contribution in [-0.4, -0.2) is 5.91 Å². The number of carbonyl (C=O) groups is 1.